The Labute approximate surface area is 195 Å². The summed E-state index contributed by atoms with van der Waals surface area (Å²) in [6.07, 6.45) is 1.40. The molecule has 30 heavy (non-hydrogen) atoms. The van der Waals surface area contributed by atoms with Crippen LogP contribution in [0.5, 0.6) is 0 Å². The van der Waals surface area contributed by atoms with Gasteiger partial charge in [0.1, 0.15) is 5.82 Å². The summed E-state index contributed by atoms with van der Waals surface area (Å²) in [4.78, 5) is 20.2. The number of rotatable bonds is 4. The van der Waals surface area contributed by atoms with Crippen molar-refractivity contribution in [1.29, 1.82) is 0 Å². The Morgan fingerprint density at radius 1 is 1.23 bits per heavy atom. The van der Waals surface area contributed by atoms with E-state index < -0.39 is 0 Å². The Morgan fingerprint density at radius 2 is 1.90 bits per heavy atom. The molecule has 2 aliphatic heterocycles. The third kappa shape index (κ3) is 5.96. The Bertz CT molecular complexity index is 720. The van der Waals surface area contributed by atoms with E-state index in [1.165, 1.54) is 6.07 Å². The zero-order valence-corrected chi connectivity index (χ0v) is 20.1. The summed E-state index contributed by atoms with van der Waals surface area (Å²) in [5, 5.41) is 3.50. The number of nitrogens with zero attached hydrogens (tertiary/aromatic N) is 3. The quantitative estimate of drug-likeness (QED) is 0.366. The summed E-state index contributed by atoms with van der Waals surface area (Å²) in [5.41, 5.74) is 0.805. The van der Waals surface area contributed by atoms with E-state index in [-0.39, 0.29) is 41.3 Å². The first-order valence-electron chi connectivity index (χ1n) is 10.3. The molecule has 0 radical (unpaired) electrons. The standard InChI is InChI=1S/C21H31FN4O3.HI/c1-3-29-20(27)26-11-9-25(10-12-26)19(23-2)24-16-21(7-13-28-14-8-21)17-5-4-6-18(22)15-17;/h4-6,15H,3,7-14,16H2,1-2H3,(H,23,24);1H. The van der Waals surface area contributed by atoms with E-state index in [2.05, 4.69) is 15.2 Å². The Balaban J connectivity index is 0.00000320. The lowest BCUT2D eigenvalue weighted by atomic mass is 9.74. The second-order valence-electron chi connectivity index (χ2n) is 7.48. The number of aliphatic imine (C=N–C) groups is 1. The van der Waals surface area contributed by atoms with Crippen LogP contribution < -0.4 is 5.32 Å². The van der Waals surface area contributed by atoms with Crippen LogP contribution in [0.3, 0.4) is 0 Å². The number of halogens is 2. The van der Waals surface area contributed by atoms with E-state index in [1.807, 2.05) is 13.0 Å². The second kappa shape index (κ2) is 11.7. The first kappa shape index (κ1) is 24.6. The van der Waals surface area contributed by atoms with E-state index in [1.54, 1.807) is 24.1 Å². The van der Waals surface area contributed by atoms with Gasteiger partial charge in [-0.05, 0) is 37.5 Å². The van der Waals surface area contributed by atoms with Gasteiger partial charge in [-0.1, -0.05) is 12.1 Å². The molecule has 1 aromatic rings. The molecule has 3 rings (SSSR count). The monoisotopic (exact) mass is 534 g/mol. The Kier molecular flexibility index (Phi) is 9.60. The highest BCUT2D eigenvalue weighted by Gasteiger charge is 2.35. The van der Waals surface area contributed by atoms with Crippen LogP contribution >= 0.6 is 24.0 Å². The van der Waals surface area contributed by atoms with Crippen molar-refractivity contribution in [2.75, 3.05) is 59.6 Å². The molecule has 0 aliphatic carbocycles. The van der Waals surface area contributed by atoms with E-state index in [0.29, 0.717) is 52.5 Å². The number of ether oxygens (including phenoxy) is 2. The van der Waals surface area contributed by atoms with Crippen LogP contribution in [0.2, 0.25) is 0 Å². The number of nitrogens with one attached hydrogen (secondary N) is 1. The molecule has 0 bridgehead atoms. The van der Waals surface area contributed by atoms with E-state index in [9.17, 15) is 9.18 Å². The molecule has 1 aromatic carbocycles. The van der Waals surface area contributed by atoms with Gasteiger partial charge in [0, 0.05) is 58.4 Å². The van der Waals surface area contributed by atoms with E-state index in [4.69, 9.17) is 9.47 Å². The van der Waals surface area contributed by atoms with Crippen molar-refractivity contribution in [3.8, 4) is 0 Å². The number of benzene rings is 1. The normalized spacial score (nSPS) is 19.1. The predicted octanol–water partition coefficient (Wildman–Crippen LogP) is 2.84. The topological polar surface area (TPSA) is 66.4 Å². The van der Waals surface area contributed by atoms with Crippen LogP contribution in [0.25, 0.3) is 0 Å². The first-order chi connectivity index (χ1) is 14.1. The fourth-order valence-corrected chi connectivity index (χ4v) is 4.04. The molecule has 1 amide bonds. The highest BCUT2D eigenvalue weighted by atomic mass is 127. The molecule has 0 aromatic heterocycles. The van der Waals surface area contributed by atoms with Crippen molar-refractivity contribution in [2.24, 2.45) is 4.99 Å². The van der Waals surface area contributed by atoms with Gasteiger partial charge < -0.3 is 24.6 Å². The van der Waals surface area contributed by atoms with Crippen molar-refractivity contribution in [3.05, 3.63) is 35.6 Å². The predicted molar refractivity (Wildman–Crippen MR) is 125 cm³/mol. The van der Waals surface area contributed by atoms with Crippen LogP contribution in [-0.4, -0.2) is 81.4 Å². The van der Waals surface area contributed by atoms with Gasteiger partial charge in [0.25, 0.3) is 0 Å². The van der Waals surface area contributed by atoms with E-state index >= 15 is 0 Å². The van der Waals surface area contributed by atoms with Gasteiger partial charge in [-0.3, -0.25) is 4.99 Å². The molecule has 9 heteroatoms. The minimum atomic E-state index is -0.262. The molecule has 2 aliphatic rings. The smallest absolute Gasteiger partial charge is 0.409 e. The van der Waals surface area contributed by atoms with Gasteiger partial charge in [0.2, 0.25) is 0 Å². The lowest BCUT2D eigenvalue weighted by Gasteiger charge is -2.40. The summed E-state index contributed by atoms with van der Waals surface area (Å²) in [6, 6.07) is 6.88. The number of carbonyl (C=O) groups is 1. The van der Waals surface area contributed by atoms with Crippen molar-refractivity contribution in [1.82, 2.24) is 15.1 Å². The van der Waals surface area contributed by atoms with Gasteiger partial charge in [-0.2, -0.15) is 0 Å². The van der Waals surface area contributed by atoms with Gasteiger partial charge in [0.05, 0.1) is 6.61 Å². The van der Waals surface area contributed by atoms with E-state index in [0.717, 1.165) is 24.4 Å². The molecule has 2 heterocycles. The van der Waals surface area contributed by atoms with Crippen molar-refractivity contribution in [2.45, 2.75) is 25.2 Å². The maximum absolute atomic E-state index is 13.9. The molecule has 168 valence electrons. The summed E-state index contributed by atoms with van der Waals surface area (Å²) in [7, 11) is 1.76. The third-order valence-corrected chi connectivity index (χ3v) is 5.79. The van der Waals surface area contributed by atoms with Gasteiger partial charge in [-0.15, -0.1) is 24.0 Å². The number of piperazine rings is 1. The van der Waals surface area contributed by atoms with Gasteiger partial charge in [0.15, 0.2) is 5.96 Å². The van der Waals surface area contributed by atoms with Crippen LogP contribution in [0.1, 0.15) is 25.3 Å². The van der Waals surface area contributed by atoms with Crippen LogP contribution in [-0.2, 0) is 14.9 Å². The van der Waals surface area contributed by atoms with Crippen molar-refractivity contribution < 1.29 is 18.7 Å². The average molecular weight is 534 g/mol. The first-order valence-corrected chi connectivity index (χ1v) is 10.3. The highest BCUT2D eigenvalue weighted by molar-refractivity contribution is 14.0. The molecule has 7 nitrogen and oxygen atoms in total. The number of hydrogen-bond donors (Lipinski definition) is 1. The molecular formula is C21H32FIN4O3. The maximum Gasteiger partial charge on any atom is 0.409 e. The largest absolute Gasteiger partial charge is 0.450 e. The molecule has 0 saturated carbocycles. The fourth-order valence-electron chi connectivity index (χ4n) is 4.04. The zero-order chi connectivity index (χ0) is 20.7. The number of amides is 1. The number of guanidine groups is 1. The van der Waals surface area contributed by atoms with Crippen LogP contribution in [0, 0.1) is 5.82 Å². The van der Waals surface area contributed by atoms with Gasteiger partial charge >= 0.3 is 6.09 Å². The third-order valence-electron chi connectivity index (χ3n) is 5.79. The van der Waals surface area contributed by atoms with Crippen molar-refractivity contribution in [3.63, 3.8) is 0 Å². The Morgan fingerprint density at radius 3 is 2.50 bits per heavy atom. The summed E-state index contributed by atoms with van der Waals surface area (Å²) in [5.74, 6) is 0.587. The Hall–Kier alpha value is -1.62. The zero-order valence-electron chi connectivity index (χ0n) is 17.7. The molecule has 1 N–H and O–H groups in total. The molecular weight excluding hydrogens is 502 g/mol. The van der Waals surface area contributed by atoms with Crippen LogP contribution in [0.4, 0.5) is 9.18 Å². The summed E-state index contributed by atoms with van der Waals surface area (Å²) in [6.45, 7) is 6.75. The molecule has 0 spiro atoms. The summed E-state index contributed by atoms with van der Waals surface area (Å²) < 4.78 is 24.5. The molecule has 2 fully saturated rings. The average Bonchev–Trinajstić information content (AvgIpc) is 2.75. The molecule has 2 saturated heterocycles. The van der Waals surface area contributed by atoms with Gasteiger partial charge in [-0.25, -0.2) is 9.18 Å². The van der Waals surface area contributed by atoms with Crippen LogP contribution in [0.15, 0.2) is 29.3 Å². The fraction of sp³-hybridized carbons (Fsp3) is 0.619. The lowest BCUT2D eigenvalue weighted by molar-refractivity contribution is 0.0509. The number of carbonyl (C=O) groups excluding carboxylic acids is 1. The molecule has 0 unspecified atom stereocenters. The maximum atomic E-state index is 13.9. The number of hydrogen-bond acceptors (Lipinski definition) is 4. The molecule has 0 atom stereocenters. The summed E-state index contributed by atoms with van der Waals surface area (Å²) >= 11 is 0. The minimum absolute atomic E-state index is 0. The minimum Gasteiger partial charge on any atom is -0.450 e. The highest BCUT2D eigenvalue weighted by Crippen LogP contribution is 2.34. The second-order valence-corrected chi connectivity index (χ2v) is 7.48. The van der Waals surface area contributed by atoms with Crippen molar-refractivity contribution >= 4 is 36.0 Å². The SMILES string of the molecule is CCOC(=O)N1CCN(C(=NC)NCC2(c3cccc(F)c3)CCOCC2)CC1.I. The lowest BCUT2D eigenvalue weighted by Crippen LogP contribution is -2.55.